The summed E-state index contributed by atoms with van der Waals surface area (Å²) in [4.78, 5) is 0. The number of ether oxygens (including phenoxy) is 1. The molecule has 0 bridgehead atoms. The van der Waals surface area contributed by atoms with Gasteiger partial charge in [-0.3, -0.25) is 0 Å². The predicted octanol–water partition coefficient (Wildman–Crippen LogP) is 3.37. The van der Waals surface area contributed by atoms with Crippen LogP contribution >= 0.6 is 0 Å². The molecule has 0 spiro atoms. The maximum absolute atomic E-state index is 13.6. The number of allylic oxidation sites excluding steroid dienone is 1. The second-order valence-corrected chi connectivity index (χ2v) is 4.19. The van der Waals surface area contributed by atoms with Crippen molar-refractivity contribution in [2.24, 2.45) is 5.73 Å². The lowest BCUT2D eigenvalue weighted by Gasteiger charge is -2.10. The van der Waals surface area contributed by atoms with Crippen molar-refractivity contribution in [1.82, 2.24) is 0 Å². The number of unbranched alkanes of at least 4 members (excludes halogenated alkanes) is 1. The smallest absolute Gasteiger partial charge is 0.165 e. The lowest BCUT2D eigenvalue weighted by Crippen LogP contribution is -2.06. The van der Waals surface area contributed by atoms with Crippen molar-refractivity contribution in [3.8, 4) is 5.75 Å². The summed E-state index contributed by atoms with van der Waals surface area (Å²) in [6.07, 6.45) is 5.76. The van der Waals surface area contributed by atoms with Crippen LogP contribution in [0.4, 0.5) is 4.39 Å². The van der Waals surface area contributed by atoms with E-state index in [0.29, 0.717) is 12.3 Å². The van der Waals surface area contributed by atoms with Crippen LogP contribution < -0.4 is 10.5 Å². The van der Waals surface area contributed by atoms with Gasteiger partial charge in [-0.15, -0.1) is 0 Å². The van der Waals surface area contributed by atoms with E-state index in [1.165, 1.54) is 6.07 Å². The molecule has 0 amide bonds. The minimum Gasteiger partial charge on any atom is -0.488 e. The van der Waals surface area contributed by atoms with Crippen LogP contribution in [0.15, 0.2) is 24.3 Å². The Kier molecular flexibility index (Phi) is 5.70. The van der Waals surface area contributed by atoms with E-state index in [-0.39, 0.29) is 11.9 Å². The molecule has 2 N–H and O–H groups in total. The summed E-state index contributed by atoms with van der Waals surface area (Å²) in [6.45, 7) is 4.43. The van der Waals surface area contributed by atoms with E-state index in [2.05, 4.69) is 0 Å². The van der Waals surface area contributed by atoms with Crippen molar-refractivity contribution in [2.75, 3.05) is 6.54 Å². The minimum absolute atomic E-state index is 0.0181. The van der Waals surface area contributed by atoms with Gasteiger partial charge in [0.2, 0.25) is 0 Å². The Morgan fingerprint density at radius 3 is 2.76 bits per heavy atom. The normalized spacial score (nSPS) is 11.4. The van der Waals surface area contributed by atoms with Crippen molar-refractivity contribution in [3.05, 3.63) is 35.7 Å². The summed E-state index contributed by atoms with van der Waals surface area (Å²) in [5.74, 6) is -0.0150. The number of benzene rings is 1. The van der Waals surface area contributed by atoms with E-state index in [1.807, 2.05) is 32.1 Å². The Hall–Kier alpha value is -1.35. The summed E-state index contributed by atoms with van der Waals surface area (Å²) in [7, 11) is 0. The topological polar surface area (TPSA) is 35.2 Å². The highest BCUT2D eigenvalue weighted by molar-refractivity contribution is 5.51. The zero-order valence-corrected chi connectivity index (χ0v) is 10.4. The summed E-state index contributed by atoms with van der Waals surface area (Å²) in [5, 5.41) is 0. The molecule has 0 unspecified atom stereocenters. The van der Waals surface area contributed by atoms with Gasteiger partial charge in [-0.25, -0.2) is 4.39 Å². The Labute approximate surface area is 102 Å². The molecule has 0 saturated heterocycles. The van der Waals surface area contributed by atoms with E-state index >= 15 is 0 Å². The summed E-state index contributed by atoms with van der Waals surface area (Å²) >= 11 is 0. The largest absolute Gasteiger partial charge is 0.488 e. The van der Waals surface area contributed by atoms with E-state index in [4.69, 9.17) is 10.5 Å². The first-order chi connectivity index (χ1) is 8.13. The van der Waals surface area contributed by atoms with Crippen LogP contribution in [0.5, 0.6) is 5.75 Å². The van der Waals surface area contributed by atoms with Gasteiger partial charge in [0.15, 0.2) is 11.6 Å². The van der Waals surface area contributed by atoms with Gasteiger partial charge in [0.1, 0.15) is 0 Å². The molecule has 17 heavy (non-hydrogen) atoms. The standard InChI is InChI=1S/C14H20FNO/c1-11(2)17-14-8-7-12(10-13(14)15)6-4-3-5-9-16/h4,6-8,10-11H,3,5,9,16H2,1-2H3/b6-4+. The highest BCUT2D eigenvalue weighted by atomic mass is 19.1. The van der Waals surface area contributed by atoms with E-state index in [9.17, 15) is 4.39 Å². The first kappa shape index (κ1) is 13.7. The maximum Gasteiger partial charge on any atom is 0.165 e. The first-order valence-electron chi connectivity index (χ1n) is 5.96. The van der Waals surface area contributed by atoms with Crippen LogP contribution in [0, 0.1) is 5.82 Å². The Morgan fingerprint density at radius 2 is 2.18 bits per heavy atom. The zero-order valence-electron chi connectivity index (χ0n) is 10.4. The predicted molar refractivity (Wildman–Crippen MR) is 69.5 cm³/mol. The molecule has 94 valence electrons. The van der Waals surface area contributed by atoms with Gasteiger partial charge in [-0.1, -0.05) is 18.2 Å². The van der Waals surface area contributed by atoms with E-state index < -0.39 is 0 Å². The number of rotatable bonds is 6. The number of nitrogens with two attached hydrogens (primary N) is 1. The molecule has 1 rings (SSSR count). The lowest BCUT2D eigenvalue weighted by atomic mass is 10.1. The van der Waals surface area contributed by atoms with Gasteiger partial charge in [0, 0.05) is 0 Å². The fourth-order valence-corrected chi connectivity index (χ4v) is 1.43. The average Bonchev–Trinajstić information content (AvgIpc) is 2.27. The van der Waals surface area contributed by atoms with Gasteiger partial charge in [0.25, 0.3) is 0 Å². The number of hydrogen-bond donors (Lipinski definition) is 1. The molecule has 0 saturated carbocycles. The molecule has 0 radical (unpaired) electrons. The van der Waals surface area contributed by atoms with Crippen molar-refractivity contribution in [3.63, 3.8) is 0 Å². The molecule has 1 aromatic carbocycles. The van der Waals surface area contributed by atoms with E-state index in [0.717, 1.165) is 18.4 Å². The third-order valence-electron chi connectivity index (χ3n) is 2.20. The van der Waals surface area contributed by atoms with E-state index in [1.54, 1.807) is 6.07 Å². The van der Waals surface area contributed by atoms with Gasteiger partial charge in [0.05, 0.1) is 6.10 Å². The highest BCUT2D eigenvalue weighted by Gasteiger charge is 2.05. The van der Waals surface area contributed by atoms with Crippen LogP contribution in [0.2, 0.25) is 0 Å². The van der Waals surface area contributed by atoms with Gasteiger partial charge in [-0.2, -0.15) is 0 Å². The van der Waals surface area contributed by atoms with Crippen LogP contribution in [-0.2, 0) is 0 Å². The van der Waals surface area contributed by atoms with Crippen molar-refractivity contribution in [1.29, 1.82) is 0 Å². The Morgan fingerprint density at radius 1 is 1.41 bits per heavy atom. The Balaban J connectivity index is 2.65. The third kappa shape index (κ3) is 5.00. The van der Waals surface area contributed by atoms with Gasteiger partial charge < -0.3 is 10.5 Å². The van der Waals surface area contributed by atoms with Crippen molar-refractivity contribution in [2.45, 2.75) is 32.8 Å². The van der Waals surface area contributed by atoms with Gasteiger partial charge >= 0.3 is 0 Å². The molecule has 0 atom stereocenters. The highest BCUT2D eigenvalue weighted by Crippen LogP contribution is 2.20. The molecule has 0 aliphatic rings. The summed E-state index contributed by atoms with van der Waals surface area (Å²) in [6, 6.07) is 4.99. The second-order valence-electron chi connectivity index (χ2n) is 4.19. The quantitative estimate of drug-likeness (QED) is 0.770. The zero-order chi connectivity index (χ0) is 12.7. The first-order valence-corrected chi connectivity index (χ1v) is 5.96. The molecule has 0 aromatic heterocycles. The molecule has 0 aliphatic carbocycles. The van der Waals surface area contributed by atoms with Crippen LogP contribution in [0.3, 0.4) is 0 Å². The SMILES string of the molecule is CC(C)Oc1ccc(/C=C/CCCN)cc1F. The molecule has 0 fully saturated rings. The molecular weight excluding hydrogens is 217 g/mol. The number of halogens is 1. The fourth-order valence-electron chi connectivity index (χ4n) is 1.43. The lowest BCUT2D eigenvalue weighted by molar-refractivity contribution is 0.231. The molecule has 1 aromatic rings. The summed E-state index contributed by atoms with van der Waals surface area (Å²) < 4.78 is 18.9. The minimum atomic E-state index is -0.320. The van der Waals surface area contributed by atoms with Crippen LogP contribution in [-0.4, -0.2) is 12.6 Å². The maximum atomic E-state index is 13.6. The molecule has 3 heteroatoms. The molecule has 0 aliphatic heterocycles. The fraction of sp³-hybridized carbons (Fsp3) is 0.429. The van der Waals surface area contributed by atoms with Gasteiger partial charge in [-0.05, 0) is 50.9 Å². The molecule has 2 nitrogen and oxygen atoms in total. The molecule has 0 heterocycles. The van der Waals surface area contributed by atoms with Crippen LogP contribution in [0.1, 0.15) is 32.3 Å². The second kappa shape index (κ2) is 7.07. The summed E-state index contributed by atoms with van der Waals surface area (Å²) in [5.41, 5.74) is 6.23. The van der Waals surface area contributed by atoms with Crippen molar-refractivity contribution >= 4 is 6.08 Å². The monoisotopic (exact) mass is 237 g/mol. The Bertz CT molecular complexity index is 374. The van der Waals surface area contributed by atoms with Crippen LogP contribution in [0.25, 0.3) is 6.08 Å². The average molecular weight is 237 g/mol. The number of hydrogen-bond acceptors (Lipinski definition) is 2. The third-order valence-corrected chi connectivity index (χ3v) is 2.20. The molecular formula is C14H20FNO. The van der Waals surface area contributed by atoms with Crippen molar-refractivity contribution < 1.29 is 9.13 Å².